The summed E-state index contributed by atoms with van der Waals surface area (Å²) in [7, 11) is 3.33. The smallest absolute Gasteiger partial charge is 0.236 e. The molecule has 6 nitrogen and oxygen atoms in total. The molecular formula is C19H27N3O3. The average Bonchev–Trinajstić information content (AvgIpc) is 3.02. The van der Waals surface area contributed by atoms with E-state index in [4.69, 9.17) is 9.47 Å². The summed E-state index contributed by atoms with van der Waals surface area (Å²) >= 11 is 0. The molecule has 1 amide bonds. The fraction of sp³-hybridized carbons (Fsp3) is 0.579. The lowest BCUT2D eigenvalue weighted by molar-refractivity contribution is -0.118. The molecule has 0 aromatic heterocycles. The van der Waals surface area contributed by atoms with Gasteiger partial charge < -0.3 is 14.8 Å². The van der Waals surface area contributed by atoms with Gasteiger partial charge >= 0.3 is 0 Å². The predicted octanol–water partition coefficient (Wildman–Crippen LogP) is 2.27. The largest absolute Gasteiger partial charge is 0.493 e. The van der Waals surface area contributed by atoms with Crippen molar-refractivity contribution in [3.63, 3.8) is 0 Å². The summed E-state index contributed by atoms with van der Waals surface area (Å²) in [6.07, 6.45) is 5.09. The molecule has 1 aliphatic heterocycles. The highest BCUT2D eigenvalue weighted by Gasteiger charge is 2.45. The van der Waals surface area contributed by atoms with E-state index >= 15 is 0 Å². The summed E-state index contributed by atoms with van der Waals surface area (Å²) in [5.74, 6) is 1.43. The van der Waals surface area contributed by atoms with E-state index in [2.05, 4.69) is 28.0 Å². The molecule has 2 aliphatic rings. The first-order chi connectivity index (χ1) is 12.1. The highest BCUT2D eigenvalue weighted by molar-refractivity contribution is 5.87. The molecule has 0 radical (unpaired) electrons. The summed E-state index contributed by atoms with van der Waals surface area (Å²) in [6, 6.07) is 6.60. The van der Waals surface area contributed by atoms with Gasteiger partial charge in [0.1, 0.15) is 0 Å². The Balaban J connectivity index is 1.75. The molecule has 0 spiro atoms. The molecule has 0 bridgehead atoms. The molecule has 6 heteroatoms. The molecule has 2 atom stereocenters. The third-order valence-corrected chi connectivity index (χ3v) is 5.48. The Labute approximate surface area is 149 Å². The van der Waals surface area contributed by atoms with Gasteiger partial charge in [0, 0.05) is 25.1 Å². The summed E-state index contributed by atoms with van der Waals surface area (Å²) in [5.41, 5.74) is 5.17. The topological polar surface area (TPSA) is 72.0 Å². The van der Waals surface area contributed by atoms with Gasteiger partial charge in [0.05, 0.1) is 14.2 Å². The number of methoxy groups -OCH3 is 2. The Bertz CT molecular complexity index is 674. The fourth-order valence-corrected chi connectivity index (χ4v) is 4.16. The van der Waals surface area contributed by atoms with E-state index in [1.807, 2.05) is 6.07 Å². The maximum atomic E-state index is 11.1. The van der Waals surface area contributed by atoms with E-state index in [-0.39, 0.29) is 11.3 Å². The zero-order valence-corrected chi connectivity index (χ0v) is 15.2. The summed E-state index contributed by atoms with van der Waals surface area (Å²) < 4.78 is 10.8. The van der Waals surface area contributed by atoms with E-state index in [1.54, 1.807) is 14.2 Å². The van der Waals surface area contributed by atoms with Crippen molar-refractivity contribution in [2.75, 3.05) is 20.8 Å². The van der Waals surface area contributed by atoms with Crippen LogP contribution in [0.2, 0.25) is 0 Å². The average molecular weight is 345 g/mol. The maximum Gasteiger partial charge on any atom is 0.236 e. The lowest BCUT2D eigenvalue weighted by Gasteiger charge is -2.40. The van der Waals surface area contributed by atoms with E-state index in [9.17, 15) is 4.79 Å². The van der Waals surface area contributed by atoms with Gasteiger partial charge in [0.2, 0.25) is 5.91 Å². The number of nitrogens with one attached hydrogen (secondary N) is 2. The molecular weight excluding hydrogens is 318 g/mol. The minimum absolute atomic E-state index is 0.117. The summed E-state index contributed by atoms with van der Waals surface area (Å²) in [6.45, 7) is 2.52. The molecule has 2 fully saturated rings. The van der Waals surface area contributed by atoms with Gasteiger partial charge in [-0.1, -0.05) is 6.07 Å². The number of ether oxygens (including phenoxy) is 2. The molecule has 0 unspecified atom stereocenters. The van der Waals surface area contributed by atoms with Gasteiger partial charge in [0.15, 0.2) is 11.5 Å². The van der Waals surface area contributed by atoms with Crippen molar-refractivity contribution in [2.45, 2.75) is 45.1 Å². The zero-order chi connectivity index (χ0) is 17.9. The number of benzene rings is 1. The first-order valence-electron chi connectivity index (χ1n) is 8.82. The molecule has 3 rings (SSSR count). The SMILES string of the molecule is COc1ccc(C[C@@]23CCN[C@H]2CC(=NNC(C)=O)CC3)cc1OC. The van der Waals surface area contributed by atoms with Crippen LogP contribution in [0.25, 0.3) is 0 Å². The second kappa shape index (κ2) is 7.44. The molecule has 1 aromatic carbocycles. The minimum atomic E-state index is -0.117. The molecule has 136 valence electrons. The monoisotopic (exact) mass is 345 g/mol. The van der Waals surface area contributed by atoms with Crippen molar-refractivity contribution >= 4 is 11.6 Å². The molecule has 25 heavy (non-hydrogen) atoms. The van der Waals surface area contributed by atoms with Crippen LogP contribution < -0.4 is 20.2 Å². The van der Waals surface area contributed by atoms with Gasteiger partial charge in [-0.05, 0) is 55.3 Å². The maximum absolute atomic E-state index is 11.1. The van der Waals surface area contributed by atoms with Crippen molar-refractivity contribution in [1.82, 2.24) is 10.7 Å². The Morgan fingerprint density at radius 2 is 2.12 bits per heavy atom. The highest BCUT2D eigenvalue weighted by Crippen LogP contribution is 2.45. The predicted molar refractivity (Wildman–Crippen MR) is 97.2 cm³/mol. The van der Waals surface area contributed by atoms with Crippen LogP contribution in [0.4, 0.5) is 0 Å². The first kappa shape index (κ1) is 17.7. The number of carbonyl (C=O) groups excluding carboxylic acids is 1. The van der Waals surface area contributed by atoms with Crippen LogP contribution in [0.15, 0.2) is 23.3 Å². The van der Waals surface area contributed by atoms with Crippen molar-refractivity contribution < 1.29 is 14.3 Å². The van der Waals surface area contributed by atoms with Gasteiger partial charge in [-0.15, -0.1) is 0 Å². The first-order valence-corrected chi connectivity index (χ1v) is 8.82. The van der Waals surface area contributed by atoms with Gasteiger partial charge in [-0.2, -0.15) is 5.10 Å². The van der Waals surface area contributed by atoms with Gasteiger partial charge in [0.25, 0.3) is 0 Å². The van der Waals surface area contributed by atoms with Crippen LogP contribution in [0.5, 0.6) is 11.5 Å². The molecule has 1 heterocycles. The Hall–Kier alpha value is -2.08. The Morgan fingerprint density at radius 3 is 2.84 bits per heavy atom. The Morgan fingerprint density at radius 1 is 1.32 bits per heavy atom. The second-order valence-electron chi connectivity index (χ2n) is 7.04. The number of fused-ring (bicyclic) bond motifs is 1. The summed E-state index contributed by atoms with van der Waals surface area (Å²) in [5, 5.41) is 7.91. The highest BCUT2D eigenvalue weighted by atomic mass is 16.5. The number of hydrogen-bond acceptors (Lipinski definition) is 5. The van der Waals surface area contributed by atoms with Crippen LogP contribution in [0, 0.1) is 5.41 Å². The molecule has 2 N–H and O–H groups in total. The van der Waals surface area contributed by atoms with Crippen molar-refractivity contribution in [2.24, 2.45) is 10.5 Å². The van der Waals surface area contributed by atoms with Crippen LogP contribution >= 0.6 is 0 Å². The van der Waals surface area contributed by atoms with Crippen molar-refractivity contribution in [3.8, 4) is 11.5 Å². The third kappa shape index (κ3) is 3.79. The van der Waals surface area contributed by atoms with Crippen molar-refractivity contribution in [3.05, 3.63) is 23.8 Å². The van der Waals surface area contributed by atoms with Crippen molar-refractivity contribution in [1.29, 1.82) is 0 Å². The number of rotatable bonds is 5. The quantitative estimate of drug-likeness (QED) is 0.803. The van der Waals surface area contributed by atoms with E-state index in [1.165, 1.54) is 18.9 Å². The second-order valence-corrected chi connectivity index (χ2v) is 7.04. The van der Waals surface area contributed by atoms with Gasteiger partial charge in [-0.25, -0.2) is 5.43 Å². The number of hydrazone groups is 1. The van der Waals surface area contributed by atoms with E-state index < -0.39 is 0 Å². The number of hydrogen-bond donors (Lipinski definition) is 2. The third-order valence-electron chi connectivity index (χ3n) is 5.48. The molecule has 1 saturated carbocycles. The normalized spacial score (nSPS) is 27.0. The van der Waals surface area contributed by atoms with Crippen LogP contribution in [-0.2, 0) is 11.2 Å². The molecule has 1 aromatic rings. The van der Waals surface area contributed by atoms with Crippen LogP contribution in [-0.4, -0.2) is 38.4 Å². The fourth-order valence-electron chi connectivity index (χ4n) is 4.16. The molecule has 1 saturated heterocycles. The summed E-state index contributed by atoms with van der Waals surface area (Å²) in [4.78, 5) is 11.1. The molecule has 1 aliphatic carbocycles. The van der Waals surface area contributed by atoms with Gasteiger partial charge in [-0.3, -0.25) is 4.79 Å². The van der Waals surface area contributed by atoms with Crippen LogP contribution in [0.3, 0.4) is 0 Å². The lowest BCUT2D eigenvalue weighted by atomic mass is 9.67. The van der Waals surface area contributed by atoms with E-state index in [0.29, 0.717) is 6.04 Å². The lowest BCUT2D eigenvalue weighted by Crippen LogP contribution is -2.44. The zero-order valence-electron chi connectivity index (χ0n) is 15.2. The van der Waals surface area contributed by atoms with E-state index in [0.717, 1.165) is 49.4 Å². The standard InChI is InChI=1S/C19H27N3O3/c1-13(23)21-22-15-6-7-19(8-9-20-18(19)11-15)12-14-4-5-16(24-2)17(10-14)25-3/h4-5,10,18,20H,6-9,11-12H2,1-3H3,(H,21,23)/t18-,19+/m0/s1. The number of nitrogens with zero attached hydrogens (tertiary/aromatic N) is 1. The number of carbonyl (C=O) groups is 1. The number of amides is 1. The Kier molecular flexibility index (Phi) is 5.27. The minimum Gasteiger partial charge on any atom is -0.493 e. The van der Waals surface area contributed by atoms with Crippen LogP contribution in [0.1, 0.15) is 38.2 Å².